The molecule has 1 saturated heterocycles. The highest BCUT2D eigenvalue weighted by molar-refractivity contribution is 6.35. The highest BCUT2D eigenvalue weighted by atomic mass is 35.5. The van der Waals surface area contributed by atoms with Crippen LogP contribution in [0.3, 0.4) is 0 Å². The first-order chi connectivity index (χ1) is 7.12. The van der Waals surface area contributed by atoms with Crippen LogP contribution in [-0.2, 0) is 5.60 Å². The van der Waals surface area contributed by atoms with Gasteiger partial charge < -0.3 is 10.4 Å². The molecular formula is C11H14Cl3NO. The van der Waals surface area contributed by atoms with Crippen molar-refractivity contribution >= 4 is 35.6 Å². The van der Waals surface area contributed by atoms with Crippen LogP contribution >= 0.6 is 35.6 Å². The van der Waals surface area contributed by atoms with Crippen LogP contribution in [0.5, 0.6) is 0 Å². The molecule has 0 aromatic heterocycles. The Bertz CT molecular complexity index is 364. The summed E-state index contributed by atoms with van der Waals surface area (Å²) in [7, 11) is 0. The van der Waals surface area contributed by atoms with Crippen molar-refractivity contribution in [1.82, 2.24) is 5.32 Å². The third-order valence-corrected chi connectivity index (χ3v) is 3.41. The molecule has 2 N–H and O–H groups in total. The van der Waals surface area contributed by atoms with Gasteiger partial charge in [-0.1, -0.05) is 29.3 Å². The van der Waals surface area contributed by atoms with Crippen molar-refractivity contribution in [3.8, 4) is 0 Å². The van der Waals surface area contributed by atoms with Crippen LogP contribution < -0.4 is 5.32 Å². The number of hydrogen-bond donors (Lipinski definition) is 2. The number of hydrogen-bond acceptors (Lipinski definition) is 2. The molecule has 1 aromatic rings. The Labute approximate surface area is 111 Å². The normalized spacial score (nSPS) is 18.9. The van der Waals surface area contributed by atoms with E-state index in [1.165, 1.54) is 0 Å². The van der Waals surface area contributed by atoms with Gasteiger partial charge in [0.1, 0.15) is 0 Å². The largest absolute Gasteiger partial charge is 0.385 e. The Morgan fingerprint density at radius 3 is 2.38 bits per heavy atom. The lowest BCUT2D eigenvalue weighted by molar-refractivity contribution is 0.00605. The minimum atomic E-state index is -0.799. The van der Waals surface area contributed by atoms with E-state index >= 15 is 0 Å². The maximum atomic E-state index is 10.4. The monoisotopic (exact) mass is 281 g/mol. The smallest absolute Gasteiger partial charge is 0.0935 e. The summed E-state index contributed by atoms with van der Waals surface area (Å²) < 4.78 is 0. The molecule has 0 saturated carbocycles. The molecule has 0 bridgehead atoms. The highest BCUT2D eigenvalue weighted by Gasteiger charge is 2.32. The molecule has 1 aromatic carbocycles. The second kappa shape index (κ2) is 5.56. The first-order valence-electron chi connectivity index (χ1n) is 5.00. The van der Waals surface area contributed by atoms with Crippen LogP contribution in [0.4, 0.5) is 0 Å². The van der Waals surface area contributed by atoms with E-state index in [0.29, 0.717) is 22.9 Å². The zero-order valence-corrected chi connectivity index (χ0v) is 11.0. The summed E-state index contributed by atoms with van der Waals surface area (Å²) in [5.41, 5.74) is -0.0116. The van der Waals surface area contributed by atoms with Gasteiger partial charge in [-0.05, 0) is 38.1 Å². The van der Waals surface area contributed by atoms with Gasteiger partial charge in [-0.2, -0.15) is 0 Å². The molecule has 16 heavy (non-hydrogen) atoms. The summed E-state index contributed by atoms with van der Waals surface area (Å²) in [6.07, 6.45) is 1.38. The number of nitrogens with one attached hydrogen (secondary N) is 1. The zero-order chi connectivity index (χ0) is 10.9. The molecule has 90 valence electrons. The fourth-order valence-corrected chi connectivity index (χ4v) is 2.56. The maximum Gasteiger partial charge on any atom is 0.0935 e. The van der Waals surface area contributed by atoms with Crippen LogP contribution in [0.15, 0.2) is 18.2 Å². The van der Waals surface area contributed by atoms with Crippen molar-refractivity contribution < 1.29 is 5.11 Å². The van der Waals surface area contributed by atoms with E-state index in [-0.39, 0.29) is 12.4 Å². The highest BCUT2D eigenvalue weighted by Crippen LogP contribution is 2.36. The number of piperidine rings is 1. The molecule has 0 amide bonds. The molecule has 0 radical (unpaired) electrons. The van der Waals surface area contributed by atoms with Gasteiger partial charge in [0.05, 0.1) is 5.60 Å². The Kier molecular flexibility index (Phi) is 4.89. The summed E-state index contributed by atoms with van der Waals surface area (Å²) in [5.74, 6) is 0. The van der Waals surface area contributed by atoms with Gasteiger partial charge in [-0.15, -0.1) is 12.4 Å². The molecule has 2 nitrogen and oxygen atoms in total. The number of rotatable bonds is 1. The van der Waals surface area contributed by atoms with Gasteiger partial charge in [0.25, 0.3) is 0 Å². The van der Waals surface area contributed by atoms with E-state index in [0.717, 1.165) is 18.7 Å². The van der Waals surface area contributed by atoms with Crippen molar-refractivity contribution in [2.75, 3.05) is 13.1 Å². The molecule has 1 aliphatic heterocycles. The van der Waals surface area contributed by atoms with Crippen LogP contribution in [-0.4, -0.2) is 18.2 Å². The second-order valence-electron chi connectivity index (χ2n) is 3.91. The lowest BCUT2D eigenvalue weighted by atomic mass is 9.85. The molecule has 1 aliphatic rings. The van der Waals surface area contributed by atoms with E-state index in [4.69, 9.17) is 23.2 Å². The predicted molar refractivity (Wildman–Crippen MR) is 69.7 cm³/mol. The Morgan fingerprint density at radius 1 is 1.19 bits per heavy atom. The zero-order valence-electron chi connectivity index (χ0n) is 8.67. The molecule has 1 heterocycles. The summed E-state index contributed by atoms with van der Waals surface area (Å²) in [6, 6.07) is 5.26. The minimum Gasteiger partial charge on any atom is -0.385 e. The third kappa shape index (κ3) is 2.82. The summed E-state index contributed by atoms with van der Waals surface area (Å²) in [6.45, 7) is 1.63. The fourth-order valence-electron chi connectivity index (χ4n) is 1.98. The van der Waals surface area contributed by atoms with Crippen LogP contribution in [0.1, 0.15) is 18.4 Å². The topological polar surface area (TPSA) is 32.3 Å². The van der Waals surface area contributed by atoms with Gasteiger partial charge in [0, 0.05) is 15.6 Å². The number of aliphatic hydroxyl groups is 1. The van der Waals surface area contributed by atoms with Crippen molar-refractivity contribution in [1.29, 1.82) is 0 Å². The minimum absolute atomic E-state index is 0. The van der Waals surface area contributed by atoms with Gasteiger partial charge in [-0.3, -0.25) is 0 Å². The van der Waals surface area contributed by atoms with Crippen molar-refractivity contribution in [3.63, 3.8) is 0 Å². The second-order valence-corrected chi connectivity index (χ2v) is 4.75. The van der Waals surface area contributed by atoms with E-state index < -0.39 is 5.60 Å². The van der Waals surface area contributed by atoms with E-state index in [1.54, 1.807) is 12.1 Å². The van der Waals surface area contributed by atoms with Crippen molar-refractivity contribution in [2.45, 2.75) is 18.4 Å². The maximum absolute atomic E-state index is 10.4. The Balaban J connectivity index is 0.00000128. The summed E-state index contributed by atoms with van der Waals surface area (Å²) in [4.78, 5) is 0. The SMILES string of the molecule is Cl.OC1(c2ccc(Cl)cc2Cl)CCNCC1. The first-order valence-corrected chi connectivity index (χ1v) is 5.76. The molecule has 0 atom stereocenters. The summed E-state index contributed by atoms with van der Waals surface area (Å²) >= 11 is 11.9. The molecule has 5 heteroatoms. The number of benzene rings is 1. The average Bonchev–Trinajstić information content (AvgIpc) is 2.18. The van der Waals surface area contributed by atoms with Crippen molar-refractivity contribution in [2.24, 2.45) is 0 Å². The molecular weight excluding hydrogens is 268 g/mol. The van der Waals surface area contributed by atoms with Crippen LogP contribution in [0.2, 0.25) is 10.0 Å². The van der Waals surface area contributed by atoms with Gasteiger partial charge >= 0.3 is 0 Å². The average molecular weight is 283 g/mol. The quantitative estimate of drug-likeness (QED) is 0.830. The summed E-state index contributed by atoms with van der Waals surface area (Å²) in [5, 5.41) is 14.8. The van der Waals surface area contributed by atoms with Crippen molar-refractivity contribution in [3.05, 3.63) is 33.8 Å². The van der Waals surface area contributed by atoms with E-state index in [9.17, 15) is 5.11 Å². The van der Waals surface area contributed by atoms with Gasteiger partial charge in [0.15, 0.2) is 0 Å². The molecule has 0 unspecified atom stereocenters. The molecule has 0 aliphatic carbocycles. The van der Waals surface area contributed by atoms with Crippen LogP contribution in [0.25, 0.3) is 0 Å². The fraction of sp³-hybridized carbons (Fsp3) is 0.455. The number of halogens is 3. The van der Waals surface area contributed by atoms with Crippen LogP contribution in [0, 0.1) is 0 Å². The molecule has 1 fully saturated rings. The lowest BCUT2D eigenvalue weighted by Crippen LogP contribution is -2.39. The molecule has 0 spiro atoms. The Hall–Kier alpha value is 0.01000. The predicted octanol–water partition coefficient (Wildman–Crippen LogP) is 2.99. The van der Waals surface area contributed by atoms with Gasteiger partial charge in [0.2, 0.25) is 0 Å². The first kappa shape index (κ1) is 14.1. The van der Waals surface area contributed by atoms with E-state index in [1.807, 2.05) is 6.07 Å². The standard InChI is InChI=1S/C11H13Cl2NO.ClH/c12-8-1-2-9(10(13)7-8)11(15)3-5-14-6-4-11;/h1-2,7,14-15H,3-6H2;1H. The van der Waals surface area contributed by atoms with Gasteiger partial charge in [-0.25, -0.2) is 0 Å². The third-order valence-electron chi connectivity index (χ3n) is 2.86. The molecule has 2 rings (SSSR count). The van der Waals surface area contributed by atoms with E-state index in [2.05, 4.69) is 5.32 Å². The lowest BCUT2D eigenvalue weighted by Gasteiger charge is -2.33. The Morgan fingerprint density at radius 2 is 1.81 bits per heavy atom.